The van der Waals surface area contributed by atoms with Crippen molar-refractivity contribution in [2.45, 2.75) is 128 Å². The molecule has 0 aromatic carbocycles. The largest absolute Gasteiger partial charge is 0.457 e. The summed E-state index contributed by atoms with van der Waals surface area (Å²) in [5, 5.41) is 30.5. The second-order valence-corrected chi connectivity index (χ2v) is 13.8. The minimum atomic E-state index is -5.08. The highest BCUT2D eigenvalue weighted by atomic mass is 32.3. The zero-order chi connectivity index (χ0) is 41.1. The van der Waals surface area contributed by atoms with E-state index in [1.54, 1.807) is 0 Å². The van der Waals surface area contributed by atoms with Crippen LogP contribution in [0.3, 0.4) is 0 Å². The third kappa shape index (κ3) is 27.4. The monoisotopic (exact) mass is 806 g/mol. The highest BCUT2D eigenvalue weighted by molar-refractivity contribution is 7.80. The molecule has 0 amide bonds. The maximum Gasteiger partial charge on any atom is 0.397 e. The summed E-state index contributed by atoms with van der Waals surface area (Å²) in [5.74, 6) is -0.510. The molecule has 1 fully saturated rings. The van der Waals surface area contributed by atoms with Crippen LogP contribution in [-0.4, -0.2) is 97.5 Å². The molecule has 1 aliphatic rings. The van der Waals surface area contributed by atoms with Crippen LogP contribution in [0.4, 0.5) is 0 Å². The fourth-order valence-electron chi connectivity index (χ4n) is 5.04. The molecule has 4 N–H and O–H groups in total. The first-order valence-corrected chi connectivity index (χ1v) is 21.0. The smallest absolute Gasteiger partial charge is 0.397 e. The molecule has 0 aromatic rings. The molecule has 316 valence electrons. The van der Waals surface area contributed by atoms with E-state index >= 15 is 0 Å². The molecule has 6 unspecified atom stereocenters. The summed E-state index contributed by atoms with van der Waals surface area (Å²) >= 11 is 0. The van der Waals surface area contributed by atoms with E-state index in [1.165, 1.54) is 0 Å². The Morgan fingerprint density at radius 3 is 1.55 bits per heavy atom. The van der Waals surface area contributed by atoms with Gasteiger partial charge in [-0.2, -0.15) is 8.42 Å². The van der Waals surface area contributed by atoms with E-state index < -0.39 is 59.8 Å². The summed E-state index contributed by atoms with van der Waals surface area (Å²) < 4.78 is 58.6. The average molecular weight is 807 g/mol. The lowest BCUT2D eigenvalue weighted by Gasteiger charge is -2.41. The lowest BCUT2D eigenvalue weighted by Crippen LogP contribution is -2.60. The number of ether oxygens (including phenoxy) is 4. The second kappa shape index (κ2) is 33.9. The van der Waals surface area contributed by atoms with Crippen LogP contribution in [-0.2, 0) is 38.3 Å². The number of aliphatic hydroxyl groups is 3. The maximum atomic E-state index is 12.7. The van der Waals surface area contributed by atoms with Gasteiger partial charge in [0.2, 0.25) is 0 Å². The number of hydrogen-bond donors (Lipinski definition) is 4. The standard InChI is InChI=1S/C43H66O12S/c1-3-5-7-9-11-13-15-17-18-19-21-23-25-27-29-31-33-51-35-37(36-52-43-41(47)42(55-56(48,49)50)40(46)38(34-44)54-43)53-39(45)32-30-28-26-24-22-20-16-14-12-10-8-6-4-2/h5-8,11-14,17-18,20-23,26-29,37-38,40-44,46-47H,3-4,9-10,15-16,19,24-25,30-36H2,1-2H3,(H,48,49,50)/b7-5-,8-6-,13-11-,14-12-,18-17-,22-20-,23-21-,28-26-,29-27-. The van der Waals surface area contributed by atoms with Crippen LogP contribution in [0.2, 0.25) is 0 Å². The third-order valence-electron chi connectivity index (χ3n) is 7.92. The van der Waals surface area contributed by atoms with Crippen LogP contribution >= 0.6 is 0 Å². The molecule has 1 rings (SSSR count). The van der Waals surface area contributed by atoms with E-state index in [1.807, 2.05) is 24.3 Å². The first-order chi connectivity index (χ1) is 27.1. The van der Waals surface area contributed by atoms with Crippen LogP contribution < -0.4 is 0 Å². The first kappa shape index (κ1) is 50.8. The molecule has 13 heteroatoms. The maximum absolute atomic E-state index is 12.7. The first-order valence-electron chi connectivity index (χ1n) is 19.6. The Morgan fingerprint density at radius 2 is 1.11 bits per heavy atom. The van der Waals surface area contributed by atoms with Crippen molar-refractivity contribution in [3.8, 4) is 0 Å². The summed E-state index contributed by atoms with van der Waals surface area (Å²) in [4.78, 5) is 12.7. The van der Waals surface area contributed by atoms with Crippen LogP contribution in [0.1, 0.15) is 90.9 Å². The Kier molecular flexibility index (Phi) is 30.7. The number of carbonyl (C=O) groups excluding carboxylic acids is 1. The molecule has 12 nitrogen and oxygen atoms in total. The third-order valence-corrected chi connectivity index (χ3v) is 8.39. The molecule has 6 atom stereocenters. The van der Waals surface area contributed by atoms with Gasteiger partial charge in [-0.05, 0) is 70.6 Å². The van der Waals surface area contributed by atoms with Crippen LogP contribution in [0.15, 0.2) is 109 Å². The summed E-state index contributed by atoms with van der Waals surface area (Å²) in [6.07, 6.45) is 37.4. The Balaban J connectivity index is 2.62. The van der Waals surface area contributed by atoms with Crippen LogP contribution in [0.25, 0.3) is 0 Å². The van der Waals surface area contributed by atoms with Gasteiger partial charge in [0.05, 0.1) is 26.4 Å². The number of aliphatic hydroxyl groups excluding tert-OH is 3. The van der Waals surface area contributed by atoms with Gasteiger partial charge in [-0.25, -0.2) is 4.18 Å². The zero-order valence-electron chi connectivity index (χ0n) is 33.1. The number of carbonyl (C=O) groups is 1. The van der Waals surface area contributed by atoms with E-state index in [-0.39, 0.29) is 19.6 Å². The molecule has 1 saturated heterocycles. The molecule has 1 heterocycles. The molecule has 0 aliphatic carbocycles. The van der Waals surface area contributed by atoms with Gasteiger partial charge >= 0.3 is 16.4 Å². The van der Waals surface area contributed by atoms with E-state index in [9.17, 15) is 28.5 Å². The average Bonchev–Trinajstić information content (AvgIpc) is 3.17. The Labute approximate surface area is 335 Å². The highest BCUT2D eigenvalue weighted by Crippen LogP contribution is 2.26. The number of rotatable bonds is 31. The van der Waals surface area contributed by atoms with Crippen LogP contribution in [0, 0.1) is 0 Å². The fourth-order valence-corrected chi connectivity index (χ4v) is 5.55. The van der Waals surface area contributed by atoms with E-state index in [0.717, 1.165) is 57.8 Å². The molecule has 0 bridgehead atoms. The molecule has 0 spiro atoms. The van der Waals surface area contributed by atoms with Gasteiger partial charge in [-0.1, -0.05) is 123 Å². The normalized spacial score (nSPS) is 22.0. The summed E-state index contributed by atoms with van der Waals surface area (Å²) in [7, 11) is -5.08. The predicted molar refractivity (Wildman–Crippen MR) is 220 cm³/mol. The number of allylic oxidation sites excluding steroid dienone is 17. The SMILES string of the molecule is CC/C=C\C/C=C\C/C=C\C/C=C\C/C=C\CCOCC(COC1OC(CO)C(O)C(OS(=O)(=O)O)C1O)OC(=O)CC/C=C\C/C=C\C/C=C\C/C=C\CC. The predicted octanol–water partition coefficient (Wildman–Crippen LogP) is 7.29. The highest BCUT2D eigenvalue weighted by Gasteiger charge is 2.48. The van der Waals surface area contributed by atoms with Gasteiger partial charge in [-0.15, -0.1) is 0 Å². The van der Waals surface area contributed by atoms with E-state index in [4.69, 9.17) is 23.5 Å². The lowest BCUT2D eigenvalue weighted by atomic mass is 9.99. The lowest BCUT2D eigenvalue weighted by molar-refractivity contribution is -0.301. The molecule has 0 radical (unpaired) electrons. The van der Waals surface area contributed by atoms with E-state index in [2.05, 4.69) is 103 Å². The Morgan fingerprint density at radius 1 is 0.661 bits per heavy atom. The van der Waals surface area contributed by atoms with Gasteiger partial charge in [0.15, 0.2) is 6.29 Å². The van der Waals surface area contributed by atoms with Crippen molar-refractivity contribution in [2.24, 2.45) is 0 Å². The summed E-state index contributed by atoms with van der Waals surface area (Å²) in [6.45, 7) is 3.39. The zero-order valence-corrected chi connectivity index (χ0v) is 33.9. The van der Waals surface area contributed by atoms with Crippen molar-refractivity contribution in [2.75, 3.05) is 26.4 Å². The van der Waals surface area contributed by atoms with E-state index in [0.29, 0.717) is 19.4 Å². The number of hydrogen-bond acceptors (Lipinski definition) is 11. The van der Waals surface area contributed by atoms with Crippen LogP contribution in [0.5, 0.6) is 0 Å². The molecular formula is C43H66O12S. The Bertz CT molecular complexity index is 1390. The minimum Gasteiger partial charge on any atom is -0.457 e. The summed E-state index contributed by atoms with van der Waals surface area (Å²) in [5.41, 5.74) is 0. The van der Waals surface area contributed by atoms with Crippen molar-refractivity contribution in [1.29, 1.82) is 0 Å². The van der Waals surface area contributed by atoms with Crippen molar-refractivity contribution < 1.29 is 56.2 Å². The van der Waals surface area contributed by atoms with Crippen molar-refractivity contribution >= 4 is 16.4 Å². The molecule has 56 heavy (non-hydrogen) atoms. The molecular weight excluding hydrogens is 741 g/mol. The molecule has 1 aliphatic heterocycles. The minimum absolute atomic E-state index is 0.0553. The number of esters is 1. The van der Waals surface area contributed by atoms with Crippen molar-refractivity contribution in [3.63, 3.8) is 0 Å². The van der Waals surface area contributed by atoms with Gasteiger partial charge in [0.25, 0.3) is 0 Å². The van der Waals surface area contributed by atoms with Gasteiger partial charge in [0, 0.05) is 6.42 Å². The van der Waals surface area contributed by atoms with Crippen molar-refractivity contribution in [3.05, 3.63) is 109 Å². The quantitative estimate of drug-likeness (QED) is 0.0239. The fraction of sp³-hybridized carbons (Fsp3) is 0.558. The van der Waals surface area contributed by atoms with Gasteiger partial charge in [-0.3, -0.25) is 9.35 Å². The second-order valence-electron chi connectivity index (χ2n) is 12.8. The Hall–Kier alpha value is -3.24. The summed E-state index contributed by atoms with van der Waals surface area (Å²) in [6, 6.07) is 0. The molecule has 0 saturated carbocycles. The topological polar surface area (TPSA) is 178 Å². The van der Waals surface area contributed by atoms with Gasteiger partial charge in [0.1, 0.15) is 30.5 Å². The molecule has 0 aromatic heterocycles. The van der Waals surface area contributed by atoms with Gasteiger partial charge < -0.3 is 34.3 Å². The van der Waals surface area contributed by atoms with Crippen molar-refractivity contribution in [1.82, 2.24) is 0 Å².